The smallest absolute Gasteiger partial charge is 0.130 e. The summed E-state index contributed by atoms with van der Waals surface area (Å²) in [5, 5.41) is 12.1. The zero-order valence-corrected chi connectivity index (χ0v) is 9.27. The van der Waals surface area contributed by atoms with Gasteiger partial charge in [-0.25, -0.2) is 9.97 Å². The average molecular weight is 220 g/mol. The number of aliphatic hydroxyl groups is 1. The van der Waals surface area contributed by atoms with E-state index in [9.17, 15) is 0 Å². The second-order valence-electron chi connectivity index (χ2n) is 3.98. The number of nitrogens with zero attached hydrogens (tertiary/aromatic N) is 2. The zero-order chi connectivity index (χ0) is 11.5. The van der Waals surface area contributed by atoms with Gasteiger partial charge >= 0.3 is 0 Å². The van der Waals surface area contributed by atoms with Crippen molar-refractivity contribution in [2.24, 2.45) is 0 Å². The molecule has 0 saturated heterocycles. The van der Waals surface area contributed by atoms with E-state index < -0.39 is 0 Å². The molecular weight excluding hydrogens is 204 g/mol. The third-order valence-corrected chi connectivity index (χ3v) is 2.75. The number of anilines is 1. The summed E-state index contributed by atoms with van der Waals surface area (Å²) >= 11 is 0. The Kier molecular flexibility index (Phi) is 3.17. The van der Waals surface area contributed by atoms with Gasteiger partial charge in [0.15, 0.2) is 0 Å². The van der Waals surface area contributed by atoms with E-state index in [0.29, 0.717) is 12.4 Å². The Morgan fingerprint density at radius 3 is 3.12 bits per heavy atom. The number of allylic oxidation sites excluding steroid dienone is 1. The van der Waals surface area contributed by atoms with Gasteiger partial charge in [0.25, 0.3) is 0 Å². The first-order valence-corrected chi connectivity index (χ1v) is 5.35. The highest BCUT2D eigenvalue weighted by atomic mass is 16.3. The maximum atomic E-state index is 8.92. The fraction of sp³-hybridized carbons (Fsp3) is 0.455. The minimum atomic E-state index is 0.0872. The van der Waals surface area contributed by atoms with Crippen molar-refractivity contribution < 1.29 is 5.11 Å². The molecule has 1 aromatic rings. The lowest BCUT2D eigenvalue weighted by Gasteiger charge is -2.11. The van der Waals surface area contributed by atoms with Crippen molar-refractivity contribution in [1.29, 1.82) is 0 Å². The molecule has 0 amide bonds. The fourth-order valence-electron chi connectivity index (χ4n) is 1.73. The molecule has 86 valence electrons. The van der Waals surface area contributed by atoms with E-state index >= 15 is 0 Å². The van der Waals surface area contributed by atoms with E-state index in [0.717, 1.165) is 23.3 Å². The second kappa shape index (κ2) is 4.59. The first-order valence-electron chi connectivity index (χ1n) is 5.35. The van der Waals surface area contributed by atoms with Crippen LogP contribution in [0.2, 0.25) is 0 Å². The molecule has 2 rings (SSSR count). The number of nitrogen functional groups attached to an aromatic ring is 1. The normalized spacial score (nSPS) is 15.8. The third kappa shape index (κ3) is 2.05. The van der Waals surface area contributed by atoms with Crippen molar-refractivity contribution in [1.82, 2.24) is 15.3 Å². The van der Waals surface area contributed by atoms with Gasteiger partial charge in [0.1, 0.15) is 12.1 Å². The SMILES string of the molecule is C[C@@H](CO)NCC1=CCc2c(N)ncnc21. The van der Waals surface area contributed by atoms with Gasteiger partial charge in [-0.3, -0.25) is 0 Å². The van der Waals surface area contributed by atoms with Crippen LogP contribution < -0.4 is 11.1 Å². The van der Waals surface area contributed by atoms with Crippen LogP contribution in [0, 0.1) is 0 Å². The molecule has 0 aliphatic heterocycles. The number of hydrogen-bond donors (Lipinski definition) is 3. The summed E-state index contributed by atoms with van der Waals surface area (Å²) in [6.07, 6.45) is 4.39. The molecule has 0 radical (unpaired) electrons. The minimum absolute atomic E-state index is 0.0872. The van der Waals surface area contributed by atoms with Crippen molar-refractivity contribution in [3.63, 3.8) is 0 Å². The molecule has 1 aromatic heterocycles. The third-order valence-electron chi connectivity index (χ3n) is 2.75. The maximum Gasteiger partial charge on any atom is 0.130 e. The van der Waals surface area contributed by atoms with Crippen LogP contribution in [-0.2, 0) is 6.42 Å². The summed E-state index contributed by atoms with van der Waals surface area (Å²) in [6, 6.07) is 0.0872. The van der Waals surface area contributed by atoms with E-state index in [1.165, 1.54) is 6.33 Å². The van der Waals surface area contributed by atoms with Gasteiger partial charge in [-0.2, -0.15) is 0 Å². The average Bonchev–Trinajstić information content (AvgIpc) is 2.70. The highest BCUT2D eigenvalue weighted by Crippen LogP contribution is 2.27. The van der Waals surface area contributed by atoms with E-state index in [2.05, 4.69) is 21.4 Å². The summed E-state index contributed by atoms with van der Waals surface area (Å²) < 4.78 is 0. The molecule has 0 aromatic carbocycles. The summed E-state index contributed by atoms with van der Waals surface area (Å²) in [6.45, 7) is 2.77. The molecule has 1 aliphatic rings. The number of hydrogen-bond acceptors (Lipinski definition) is 5. The summed E-state index contributed by atoms with van der Waals surface area (Å²) in [5.41, 5.74) is 8.85. The second-order valence-corrected chi connectivity index (χ2v) is 3.98. The van der Waals surface area contributed by atoms with E-state index in [-0.39, 0.29) is 12.6 Å². The summed E-state index contributed by atoms with van der Waals surface area (Å²) in [7, 11) is 0. The van der Waals surface area contributed by atoms with Gasteiger partial charge in [0.05, 0.1) is 12.3 Å². The standard InChI is InChI=1S/C11H16N4O/c1-7(5-16)13-4-8-2-3-9-10(8)14-6-15-11(9)12/h2,6-7,13,16H,3-5H2,1H3,(H2,12,14,15)/t7-/m0/s1. The zero-order valence-electron chi connectivity index (χ0n) is 9.27. The number of rotatable bonds is 4. The highest BCUT2D eigenvalue weighted by Gasteiger charge is 2.18. The summed E-state index contributed by atoms with van der Waals surface area (Å²) in [4.78, 5) is 8.21. The quantitative estimate of drug-likeness (QED) is 0.663. The Hall–Kier alpha value is -1.46. The topological polar surface area (TPSA) is 84.1 Å². The van der Waals surface area contributed by atoms with Crippen molar-refractivity contribution >= 4 is 11.4 Å². The lowest BCUT2D eigenvalue weighted by molar-refractivity contribution is 0.255. The fourth-order valence-corrected chi connectivity index (χ4v) is 1.73. The van der Waals surface area contributed by atoms with E-state index in [1.807, 2.05) is 6.92 Å². The molecule has 0 spiro atoms. The van der Waals surface area contributed by atoms with E-state index in [1.54, 1.807) is 0 Å². The largest absolute Gasteiger partial charge is 0.395 e. The lowest BCUT2D eigenvalue weighted by atomic mass is 10.2. The molecule has 16 heavy (non-hydrogen) atoms. The first-order chi connectivity index (χ1) is 7.72. The van der Waals surface area contributed by atoms with Crippen LogP contribution in [0.4, 0.5) is 5.82 Å². The number of fused-ring (bicyclic) bond motifs is 1. The molecule has 0 unspecified atom stereocenters. The molecule has 1 atom stereocenters. The van der Waals surface area contributed by atoms with Crippen molar-refractivity contribution in [3.05, 3.63) is 23.7 Å². The number of aromatic nitrogens is 2. The van der Waals surface area contributed by atoms with Crippen molar-refractivity contribution in [2.75, 3.05) is 18.9 Å². The molecule has 0 bridgehead atoms. The molecule has 5 heteroatoms. The van der Waals surface area contributed by atoms with Gasteiger partial charge in [-0.1, -0.05) is 6.08 Å². The number of nitrogens with one attached hydrogen (secondary N) is 1. The molecule has 0 saturated carbocycles. The molecule has 1 heterocycles. The van der Waals surface area contributed by atoms with Crippen LogP contribution in [0.1, 0.15) is 18.2 Å². The van der Waals surface area contributed by atoms with Crippen LogP contribution in [0.5, 0.6) is 0 Å². The van der Waals surface area contributed by atoms with Gasteiger partial charge < -0.3 is 16.2 Å². The predicted octanol–water partition coefficient (Wildman–Crippen LogP) is -0.0313. The predicted molar refractivity (Wildman–Crippen MR) is 62.7 cm³/mol. The molecule has 1 aliphatic carbocycles. The first kappa shape index (κ1) is 11.0. The van der Waals surface area contributed by atoms with Gasteiger partial charge in [0.2, 0.25) is 0 Å². The lowest BCUT2D eigenvalue weighted by Crippen LogP contribution is -2.30. The van der Waals surface area contributed by atoms with E-state index in [4.69, 9.17) is 10.8 Å². The molecule has 5 nitrogen and oxygen atoms in total. The molecule has 4 N–H and O–H groups in total. The Morgan fingerprint density at radius 2 is 2.38 bits per heavy atom. The van der Waals surface area contributed by atoms with Crippen LogP contribution in [0.3, 0.4) is 0 Å². The van der Waals surface area contributed by atoms with Gasteiger partial charge in [-0.15, -0.1) is 0 Å². The number of nitrogens with two attached hydrogens (primary N) is 1. The minimum Gasteiger partial charge on any atom is -0.395 e. The maximum absolute atomic E-state index is 8.92. The Morgan fingerprint density at radius 1 is 1.56 bits per heavy atom. The number of aliphatic hydroxyl groups excluding tert-OH is 1. The molecular formula is C11H16N4O. The van der Waals surface area contributed by atoms with Crippen LogP contribution in [0.15, 0.2) is 12.4 Å². The molecule has 0 fully saturated rings. The van der Waals surface area contributed by atoms with Crippen LogP contribution in [0.25, 0.3) is 5.57 Å². The van der Waals surface area contributed by atoms with Gasteiger partial charge in [-0.05, 0) is 18.9 Å². The van der Waals surface area contributed by atoms with Crippen LogP contribution in [-0.4, -0.2) is 34.3 Å². The van der Waals surface area contributed by atoms with Crippen LogP contribution >= 0.6 is 0 Å². The monoisotopic (exact) mass is 220 g/mol. The van der Waals surface area contributed by atoms with Crippen molar-refractivity contribution in [2.45, 2.75) is 19.4 Å². The Labute approximate surface area is 94.4 Å². The van der Waals surface area contributed by atoms with Gasteiger partial charge in [0, 0.05) is 18.2 Å². The summed E-state index contributed by atoms with van der Waals surface area (Å²) in [5.74, 6) is 0.562. The van der Waals surface area contributed by atoms with Crippen molar-refractivity contribution in [3.8, 4) is 0 Å². The Balaban J connectivity index is 2.08. The highest BCUT2D eigenvalue weighted by molar-refractivity contribution is 5.74. The Bertz CT molecular complexity index is 416.